The molecule has 0 heterocycles. The summed E-state index contributed by atoms with van der Waals surface area (Å²) in [5, 5.41) is 0. The average Bonchev–Trinajstić information content (AvgIpc) is 2.77. The molecular weight excluding hydrogens is 327 g/mol. The van der Waals surface area contributed by atoms with Crippen molar-refractivity contribution < 1.29 is 19.1 Å². The summed E-state index contributed by atoms with van der Waals surface area (Å²) < 4.78 is 10.9. The van der Waals surface area contributed by atoms with Crippen molar-refractivity contribution in [1.29, 1.82) is 0 Å². The number of carbonyl (C=O) groups excluding carboxylic acids is 2. The number of halogens is 2. The molecule has 1 aromatic rings. The number of rotatable bonds is 3. The predicted molar refractivity (Wildman–Crippen MR) is 82.3 cm³/mol. The fraction of sp³-hybridized carbons (Fsp3) is 0.500. The normalized spacial score (nSPS) is 39.5. The highest BCUT2D eigenvalue weighted by Gasteiger charge is 2.89. The molecule has 2 aliphatic rings. The first-order valence-electron chi connectivity index (χ1n) is 6.88. The first-order chi connectivity index (χ1) is 10.2. The zero-order valence-electron chi connectivity index (χ0n) is 12.5. The third-order valence-electron chi connectivity index (χ3n) is 5.20. The summed E-state index contributed by atoms with van der Waals surface area (Å²) in [6.07, 6.45) is 0.154. The van der Waals surface area contributed by atoms with E-state index in [0.29, 0.717) is 0 Å². The third-order valence-corrected chi connectivity index (χ3v) is 6.59. The third kappa shape index (κ3) is 1.34. The minimum Gasteiger partial charge on any atom is -0.349 e. The topological polar surface area (TPSA) is 52.6 Å². The number of alkyl halides is 2. The van der Waals surface area contributed by atoms with Gasteiger partial charge in [0.2, 0.25) is 17.4 Å². The lowest BCUT2D eigenvalue weighted by Crippen LogP contribution is -2.60. The quantitative estimate of drug-likeness (QED) is 0.481. The Bertz CT molecular complexity index is 657. The van der Waals surface area contributed by atoms with E-state index in [0.717, 1.165) is 5.56 Å². The minimum atomic E-state index is -1.72. The lowest BCUT2D eigenvalue weighted by atomic mass is 9.68. The first-order valence-corrected chi connectivity index (χ1v) is 7.63. The number of fused-ring (bicyclic) bond motifs is 2. The van der Waals surface area contributed by atoms with E-state index < -0.39 is 32.5 Å². The highest BCUT2D eigenvalue weighted by molar-refractivity contribution is 6.66. The molecule has 2 aliphatic carbocycles. The van der Waals surface area contributed by atoms with Gasteiger partial charge in [-0.3, -0.25) is 9.59 Å². The number of ketones is 2. The van der Waals surface area contributed by atoms with Gasteiger partial charge in [0.05, 0.1) is 0 Å². The maximum Gasteiger partial charge on any atom is 0.227 e. The molecule has 1 aromatic carbocycles. The number of methoxy groups -OCH3 is 2. The molecule has 4 nitrogen and oxygen atoms in total. The summed E-state index contributed by atoms with van der Waals surface area (Å²) in [7, 11) is 2.70. The Morgan fingerprint density at radius 2 is 1.55 bits per heavy atom. The van der Waals surface area contributed by atoms with E-state index in [-0.39, 0.29) is 6.42 Å². The van der Waals surface area contributed by atoms with Crippen LogP contribution in [0.25, 0.3) is 0 Å². The van der Waals surface area contributed by atoms with Gasteiger partial charge >= 0.3 is 0 Å². The van der Waals surface area contributed by atoms with Crippen molar-refractivity contribution in [2.45, 2.75) is 34.3 Å². The lowest BCUT2D eigenvalue weighted by molar-refractivity contribution is -0.221. The van der Waals surface area contributed by atoms with Crippen LogP contribution in [-0.4, -0.2) is 41.3 Å². The van der Waals surface area contributed by atoms with Crippen molar-refractivity contribution in [2.75, 3.05) is 14.2 Å². The van der Waals surface area contributed by atoms with Crippen LogP contribution in [0.5, 0.6) is 0 Å². The fourth-order valence-electron chi connectivity index (χ4n) is 4.12. The Balaban J connectivity index is 2.33. The van der Waals surface area contributed by atoms with Crippen molar-refractivity contribution in [3.8, 4) is 0 Å². The summed E-state index contributed by atoms with van der Waals surface area (Å²) in [6, 6.07) is 9.28. The Kier molecular flexibility index (Phi) is 3.29. The maximum absolute atomic E-state index is 12.7. The number of ether oxygens (including phenoxy) is 2. The smallest absolute Gasteiger partial charge is 0.227 e. The van der Waals surface area contributed by atoms with Crippen LogP contribution in [0.4, 0.5) is 0 Å². The van der Waals surface area contributed by atoms with Gasteiger partial charge < -0.3 is 9.47 Å². The van der Waals surface area contributed by atoms with Gasteiger partial charge in [-0.2, -0.15) is 0 Å². The summed E-state index contributed by atoms with van der Waals surface area (Å²) in [5.41, 5.74) is -0.0824. The first kappa shape index (κ1) is 15.9. The Morgan fingerprint density at radius 1 is 1.00 bits per heavy atom. The maximum atomic E-state index is 12.7. The van der Waals surface area contributed by atoms with Crippen LogP contribution in [0.1, 0.15) is 18.9 Å². The largest absolute Gasteiger partial charge is 0.349 e. The van der Waals surface area contributed by atoms with E-state index in [9.17, 15) is 9.59 Å². The molecule has 0 unspecified atom stereocenters. The molecule has 2 fully saturated rings. The molecule has 22 heavy (non-hydrogen) atoms. The van der Waals surface area contributed by atoms with Gasteiger partial charge in [0.25, 0.3) is 0 Å². The van der Waals surface area contributed by atoms with E-state index in [2.05, 4.69) is 0 Å². The second-order valence-corrected chi connectivity index (χ2v) is 7.23. The molecule has 0 radical (unpaired) electrons. The molecule has 0 aromatic heterocycles. The monoisotopic (exact) mass is 342 g/mol. The second kappa shape index (κ2) is 4.54. The number of Topliss-reactive ketones (excluding diaryl/α,β-unsaturated/α-hetero) is 2. The average molecular weight is 343 g/mol. The lowest BCUT2D eigenvalue weighted by Gasteiger charge is -2.42. The standard InChI is InChI=1S/C16H16Cl2O4/c1-13(10-7-5-4-6-8-10)9-14(17)11(19)12(20)15(13,18)16(14,21-2)22-3/h4-8H,9H2,1-3H3/t13-,14-,15-/m0/s1. The van der Waals surface area contributed by atoms with Crippen molar-refractivity contribution in [1.82, 2.24) is 0 Å². The molecule has 0 aliphatic heterocycles. The molecule has 6 heteroatoms. The number of hydrogen-bond donors (Lipinski definition) is 0. The van der Waals surface area contributed by atoms with Crippen molar-refractivity contribution in [3.63, 3.8) is 0 Å². The number of benzene rings is 1. The van der Waals surface area contributed by atoms with Crippen LogP contribution in [0.15, 0.2) is 30.3 Å². The minimum absolute atomic E-state index is 0.154. The van der Waals surface area contributed by atoms with E-state index in [1.54, 1.807) is 0 Å². The van der Waals surface area contributed by atoms with Gasteiger partial charge in [0.1, 0.15) is 0 Å². The van der Waals surface area contributed by atoms with Gasteiger partial charge in [-0.15, -0.1) is 23.2 Å². The van der Waals surface area contributed by atoms with Crippen LogP contribution >= 0.6 is 23.2 Å². The number of carbonyl (C=O) groups is 2. The molecule has 3 atom stereocenters. The van der Waals surface area contributed by atoms with Crippen LogP contribution in [0.2, 0.25) is 0 Å². The SMILES string of the molecule is COC1(OC)[C@]2(Cl)C(=O)C(=O)[C@@]1(Cl)C[C@@]2(C)c1ccccc1. The highest BCUT2D eigenvalue weighted by atomic mass is 35.5. The van der Waals surface area contributed by atoms with Crippen molar-refractivity contribution >= 4 is 34.8 Å². The van der Waals surface area contributed by atoms with Gasteiger partial charge in [0.15, 0.2) is 9.75 Å². The van der Waals surface area contributed by atoms with Gasteiger partial charge in [-0.25, -0.2) is 0 Å². The van der Waals surface area contributed by atoms with Gasteiger partial charge in [-0.05, 0) is 12.0 Å². The van der Waals surface area contributed by atoms with Gasteiger partial charge in [-0.1, -0.05) is 37.3 Å². The Hall–Kier alpha value is -0.940. The van der Waals surface area contributed by atoms with Crippen LogP contribution in [0, 0.1) is 0 Å². The molecule has 3 rings (SSSR count). The van der Waals surface area contributed by atoms with E-state index in [1.807, 2.05) is 37.3 Å². The highest BCUT2D eigenvalue weighted by Crippen LogP contribution is 2.70. The number of hydrogen-bond acceptors (Lipinski definition) is 4. The zero-order chi connectivity index (χ0) is 16.4. The van der Waals surface area contributed by atoms with Crippen molar-refractivity contribution in [2.24, 2.45) is 0 Å². The van der Waals surface area contributed by atoms with Gasteiger partial charge in [0, 0.05) is 19.6 Å². The van der Waals surface area contributed by atoms with E-state index >= 15 is 0 Å². The molecule has 2 bridgehead atoms. The molecule has 118 valence electrons. The van der Waals surface area contributed by atoms with Crippen LogP contribution < -0.4 is 0 Å². The molecule has 2 saturated carbocycles. The molecule has 0 spiro atoms. The second-order valence-electron chi connectivity index (χ2n) is 6.02. The summed E-state index contributed by atoms with van der Waals surface area (Å²) in [4.78, 5) is 21.8. The zero-order valence-corrected chi connectivity index (χ0v) is 14.0. The Morgan fingerprint density at radius 3 is 2.00 bits per heavy atom. The molecule has 0 amide bonds. The molecule has 0 N–H and O–H groups in total. The predicted octanol–water partition coefficient (Wildman–Crippen LogP) is 2.44. The summed E-state index contributed by atoms with van der Waals surface area (Å²) in [5.74, 6) is -3.21. The molecular formula is C16H16Cl2O4. The van der Waals surface area contributed by atoms with E-state index in [4.69, 9.17) is 32.7 Å². The van der Waals surface area contributed by atoms with E-state index in [1.165, 1.54) is 14.2 Å². The summed E-state index contributed by atoms with van der Waals surface area (Å²) in [6.45, 7) is 1.82. The summed E-state index contributed by atoms with van der Waals surface area (Å²) >= 11 is 13.4. The van der Waals surface area contributed by atoms with Crippen LogP contribution in [-0.2, 0) is 24.5 Å². The Labute approximate surface area is 138 Å². The van der Waals surface area contributed by atoms with Crippen molar-refractivity contribution in [3.05, 3.63) is 35.9 Å². The fourth-order valence-corrected chi connectivity index (χ4v) is 5.40. The van der Waals surface area contributed by atoms with Crippen LogP contribution in [0.3, 0.4) is 0 Å². The molecule has 0 saturated heterocycles.